The lowest BCUT2D eigenvalue weighted by Crippen LogP contribution is -2.23. The minimum atomic E-state index is -1.06. The largest absolute Gasteiger partial charge is 0.478 e. The van der Waals surface area contributed by atoms with Crippen LogP contribution in [0, 0.1) is 6.92 Å². The predicted molar refractivity (Wildman–Crippen MR) is 60.9 cm³/mol. The quantitative estimate of drug-likeness (QED) is 0.788. The number of aryl methyl sites for hydroxylation is 1. The van der Waals surface area contributed by atoms with Crippen LogP contribution < -0.4 is 5.56 Å². The zero-order valence-corrected chi connectivity index (χ0v) is 9.02. The third-order valence-corrected chi connectivity index (χ3v) is 2.75. The maximum atomic E-state index is 11.8. The molecule has 0 aliphatic carbocycles. The van der Waals surface area contributed by atoms with Crippen LogP contribution in [0.3, 0.4) is 0 Å². The lowest BCUT2D eigenvalue weighted by Gasteiger charge is -2.10. The number of aromatic carboxylic acids is 1. The Balaban J connectivity index is 3.10. The van der Waals surface area contributed by atoms with Crippen LogP contribution in [-0.2, 0) is 7.05 Å². The number of carboxylic acids is 1. The van der Waals surface area contributed by atoms with Crippen molar-refractivity contribution in [3.8, 4) is 0 Å². The standard InChI is InChI=1S/C12H11NO3/c1-7-10(12(15)16)8-5-3-4-6-9(8)13(2)11(7)14/h3-6H,1-2H3,(H,15,16). The molecule has 82 valence electrons. The van der Waals surface area contributed by atoms with E-state index in [1.807, 2.05) is 0 Å². The molecule has 16 heavy (non-hydrogen) atoms. The number of para-hydroxylation sites is 1. The fourth-order valence-electron chi connectivity index (χ4n) is 1.92. The number of aromatic nitrogens is 1. The van der Waals surface area contributed by atoms with Gasteiger partial charge in [0, 0.05) is 18.0 Å². The van der Waals surface area contributed by atoms with Crippen LogP contribution in [0.4, 0.5) is 0 Å². The minimum absolute atomic E-state index is 0.0960. The van der Waals surface area contributed by atoms with Crippen molar-refractivity contribution < 1.29 is 9.90 Å². The Morgan fingerprint density at radius 3 is 2.56 bits per heavy atom. The van der Waals surface area contributed by atoms with E-state index < -0.39 is 5.97 Å². The van der Waals surface area contributed by atoms with Crippen LogP contribution in [0.25, 0.3) is 10.9 Å². The molecule has 0 fully saturated rings. The van der Waals surface area contributed by atoms with Gasteiger partial charge in [-0.3, -0.25) is 4.79 Å². The average molecular weight is 217 g/mol. The van der Waals surface area contributed by atoms with Gasteiger partial charge in [0.25, 0.3) is 5.56 Å². The van der Waals surface area contributed by atoms with E-state index in [1.54, 1.807) is 31.3 Å². The van der Waals surface area contributed by atoms with Crippen molar-refractivity contribution in [2.45, 2.75) is 6.92 Å². The molecule has 0 aliphatic rings. The number of hydrogen-bond donors (Lipinski definition) is 1. The van der Waals surface area contributed by atoms with Gasteiger partial charge in [-0.25, -0.2) is 4.79 Å². The second-order valence-electron chi connectivity index (χ2n) is 3.69. The zero-order valence-electron chi connectivity index (χ0n) is 9.02. The molecule has 2 aromatic rings. The van der Waals surface area contributed by atoms with Gasteiger partial charge in [-0.05, 0) is 13.0 Å². The molecule has 1 aromatic heterocycles. The van der Waals surface area contributed by atoms with Gasteiger partial charge >= 0.3 is 5.97 Å². The third-order valence-electron chi connectivity index (χ3n) is 2.75. The monoisotopic (exact) mass is 217 g/mol. The Morgan fingerprint density at radius 2 is 1.94 bits per heavy atom. The van der Waals surface area contributed by atoms with Gasteiger partial charge in [0.15, 0.2) is 0 Å². The molecule has 0 aliphatic heterocycles. The Morgan fingerprint density at radius 1 is 1.31 bits per heavy atom. The smallest absolute Gasteiger partial charge is 0.336 e. The van der Waals surface area contributed by atoms with E-state index in [0.717, 1.165) is 0 Å². The first-order valence-electron chi connectivity index (χ1n) is 4.85. The normalized spacial score (nSPS) is 10.6. The van der Waals surface area contributed by atoms with Crippen molar-refractivity contribution in [2.75, 3.05) is 0 Å². The molecule has 0 spiro atoms. The van der Waals surface area contributed by atoms with Gasteiger partial charge in [0.2, 0.25) is 0 Å². The summed E-state index contributed by atoms with van der Waals surface area (Å²) in [5.41, 5.74) is 0.735. The summed E-state index contributed by atoms with van der Waals surface area (Å²) in [4.78, 5) is 23.0. The van der Waals surface area contributed by atoms with E-state index in [0.29, 0.717) is 10.9 Å². The molecule has 0 saturated carbocycles. The van der Waals surface area contributed by atoms with E-state index in [1.165, 1.54) is 11.5 Å². The molecule has 1 heterocycles. The Hall–Kier alpha value is -2.10. The highest BCUT2D eigenvalue weighted by atomic mass is 16.4. The number of carbonyl (C=O) groups is 1. The summed E-state index contributed by atoms with van der Waals surface area (Å²) in [6.07, 6.45) is 0. The van der Waals surface area contributed by atoms with Gasteiger partial charge in [-0.15, -0.1) is 0 Å². The van der Waals surface area contributed by atoms with Gasteiger partial charge in [0.05, 0.1) is 11.1 Å². The number of carboxylic acid groups (broad SMARTS) is 1. The van der Waals surface area contributed by atoms with Crippen LogP contribution >= 0.6 is 0 Å². The predicted octanol–water partition coefficient (Wildman–Crippen LogP) is 1.55. The summed E-state index contributed by atoms with van der Waals surface area (Å²) in [5.74, 6) is -1.06. The molecule has 0 bridgehead atoms. The highest BCUT2D eigenvalue weighted by Crippen LogP contribution is 2.18. The van der Waals surface area contributed by atoms with Crippen molar-refractivity contribution >= 4 is 16.9 Å². The lowest BCUT2D eigenvalue weighted by molar-refractivity contribution is 0.0698. The van der Waals surface area contributed by atoms with E-state index in [9.17, 15) is 9.59 Å². The average Bonchev–Trinajstić information content (AvgIpc) is 2.26. The fraction of sp³-hybridized carbons (Fsp3) is 0.167. The summed E-state index contributed by atoms with van der Waals surface area (Å²) in [6.45, 7) is 1.54. The van der Waals surface area contributed by atoms with Crippen LogP contribution in [-0.4, -0.2) is 15.6 Å². The van der Waals surface area contributed by atoms with Crippen molar-refractivity contribution in [1.29, 1.82) is 0 Å². The second kappa shape index (κ2) is 3.48. The van der Waals surface area contributed by atoms with Crippen LogP contribution in [0.2, 0.25) is 0 Å². The third kappa shape index (κ3) is 1.31. The molecule has 1 N–H and O–H groups in total. The Kier molecular flexibility index (Phi) is 2.27. The molecule has 1 aromatic carbocycles. The second-order valence-corrected chi connectivity index (χ2v) is 3.69. The summed E-state index contributed by atoms with van der Waals surface area (Å²) in [5, 5.41) is 9.72. The molecule has 0 amide bonds. The highest BCUT2D eigenvalue weighted by Gasteiger charge is 2.16. The molecule has 2 rings (SSSR count). The molecule has 0 saturated heterocycles. The summed E-state index contributed by atoms with van der Waals surface area (Å²) in [7, 11) is 1.64. The molecule has 4 heteroatoms. The highest BCUT2D eigenvalue weighted by molar-refractivity contribution is 6.03. The van der Waals surface area contributed by atoms with Crippen LogP contribution in [0.15, 0.2) is 29.1 Å². The molecular formula is C12H11NO3. The van der Waals surface area contributed by atoms with Crippen molar-refractivity contribution in [1.82, 2.24) is 4.57 Å². The topological polar surface area (TPSA) is 59.3 Å². The van der Waals surface area contributed by atoms with Gasteiger partial charge in [-0.2, -0.15) is 0 Å². The van der Waals surface area contributed by atoms with Crippen LogP contribution in [0.5, 0.6) is 0 Å². The van der Waals surface area contributed by atoms with E-state index >= 15 is 0 Å². The lowest BCUT2D eigenvalue weighted by atomic mass is 10.0. The van der Waals surface area contributed by atoms with Crippen LogP contribution in [0.1, 0.15) is 15.9 Å². The fourth-order valence-corrected chi connectivity index (χ4v) is 1.92. The maximum absolute atomic E-state index is 11.8. The molecule has 0 unspecified atom stereocenters. The van der Waals surface area contributed by atoms with E-state index in [2.05, 4.69) is 0 Å². The van der Waals surface area contributed by atoms with Crippen molar-refractivity contribution in [3.63, 3.8) is 0 Å². The Labute approximate surface area is 91.8 Å². The SMILES string of the molecule is Cc1c(C(=O)O)c2ccccc2n(C)c1=O. The number of fused-ring (bicyclic) bond motifs is 1. The summed E-state index contributed by atoms with van der Waals surface area (Å²) in [6, 6.07) is 7.00. The number of hydrogen-bond acceptors (Lipinski definition) is 2. The molecule has 0 atom stereocenters. The van der Waals surface area contributed by atoms with E-state index in [4.69, 9.17) is 5.11 Å². The number of benzene rings is 1. The first-order valence-corrected chi connectivity index (χ1v) is 4.85. The first-order chi connectivity index (χ1) is 7.54. The first kappa shape index (κ1) is 10.4. The van der Waals surface area contributed by atoms with Crippen molar-refractivity contribution in [2.24, 2.45) is 7.05 Å². The van der Waals surface area contributed by atoms with Gasteiger partial charge in [0.1, 0.15) is 0 Å². The van der Waals surface area contributed by atoms with Crippen molar-refractivity contribution in [3.05, 3.63) is 45.7 Å². The summed E-state index contributed by atoms with van der Waals surface area (Å²) >= 11 is 0. The number of pyridine rings is 1. The minimum Gasteiger partial charge on any atom is -0.478 e. The molecular weight excluding hydrogens is 206 g/mol. The molecule has 4 nitrogen and oxygen atoms in total. The van der Waals surface area contributed by atoms with Gasteiger partial charge in [-0.1, -0.05) is 18.2 Å². The maximum Gasteiger partial charge on any atom is 0.336 e. The van der Waals surface area contributed by atoms with Gasteiger partial charge < -0.3 is 9.67 Å². The Bertz CT molecular complexity index is 640. The summed E-state index contributed by atoms with van der Waals surface area (Å²) < 4.78 is 1.47. The zero-order chi connectivity index (χ0) is 11.9. The molecule has 0 radical (unpaired) electrons. The number of nitrogens with zero attached hydrogens (tertiary/aromatic N) is 1. The van der Waals surface area contributed by atoms with E-state index in [-0.39, 0.29) is 16.7 Å². The number of rotatable bonds is 1.